The van der Waals surface area contributed by atoms with Gasteiger partial charge in [-0.05, 0) is 31.0 Å². The number of fused-ring (bicyclic) bond motifs is 1. The molecular formula is C20H24N2O2. The molecule has 2 aliphatic heterocycles. The highest BCUT2D eigenvalue weighted by molar-refractivity contribution is 5.55. The summed E-state index contributed by atoms with van der Waals surface area (Å²) in [4.78, 5) is 2.55. The molecule has 2 aromatic carbocycles. The molecule has 0 aromatic heterocycles. The van der Waals surface area contributed by atoms with E-state index in [2.05, 4.69) is 59.6 Å². The van der Waals surface area contributed by atoms with E-state index in [-0.39, 0.29) is 0 Å². The highest BCUT2D eigenvalue weighted by atomic mass is 16.6. The summed E-state index contributed by atoms with van der Waals surface area (Å²) in [6.45, 7) is 5.65. The monoisotopic (exact) mass is 324 g/mol. The first kappa shape index (κ1) is 15.3. The topological polar surface area (TPSA) is 33.7 Å². The first-order valence-electron chi connectivity index (χ1n) is 8.72. The second kappa shape index (κ2) is 6.73. The number of hydrogen-bond acceptors (Lipinski definition) is 4. The van der Waals surface area contributed by atoms with Crippen LogP contribution >= 0.6 is 0 Å². The molecule has 4 heteroatoms. The van der Waals surface area contributed by atoms with E-state index in [1.54, 1.807) is 0 Å². The van der Waals surface area contributed by atoms with Gasteiger partial charge in [-0.25, -0.2) is 0 Å². The van der Waals surface area contributed by atoms with Crippen LogP contribution in [0.5, 0.6) is 11.5 Å². The maximum absolute atomic E-state index is 5.67. The molecule has 1 fully saturated rings. The Balaban J connectivity index is 1.39. The Morgan fingerprint density at radius 3 is 2.67 bits per heavy atom. The van der Waals surface area contributed by atoms with Crippen molar-refractivity contribution in [2.24, 2.45) is 0 Å². The highest BCUT2D eigenvalue weighted by Crippen LogP contribution is 2.33. The highest BCUT2D eigenvalue weighted by Gasteiger charge is 2.29. The average Bonchev–Trinajstić information content (AvgIpc) is 2.95. The lowest BCUT2D eigenvalue weighted by atomic mass is 10.1. The Morgan fingerprint density at radius 1 is 1.04 bits per heavy atom. The molecule has 24 heavy (non-hydrogen) atoms. The maximum Gasteiger partial charge on any atom is 0.163 e. The van der Waals surface area contributed by atoms with Crippen LogP contribution in [0.25, 0.3) is 0 Å². The van der Waals surface area contributed by atoms with Crippen LogP contribution in [0, 0.1) is 0 Å². The zero-order valence-electron chi connectivity index (χ0n) is 14.1. The van der Waals surface area contributed by atoms with Gasteiger partial charge in [0.2, 0.25) is 0 Å². The zero-order chi connectivity index (χ0) is 16.4. The van der Waals surface area contributed by atoms with Crippen molar-refractivity contribution in [2.45, 2.75) is 32.0 Å². The predicted molar refractivity (Wildman–Crippen MR) is 95.8 cm³/mol. The van der Waals surface area contributed by atoms with Crippen LogP contribution in [-0.2, 0) is 6.54 Å². The number of ether oxygens (including phenoxy) is 2. The second-order valence-corrected chi connectivity index (χ2v) is 6.70. The number of nitrogens with zero attached hydrogens (tertiary/aromatic N) is 1. The van der Waals surface area contributed by atoms with Crippen LogP contribution < -0.4 is 14.8 Å². The van der Waals surface area contributed by atoms with Crippen molar-refractivity contribution in [3.8, 4) is 11.5 Å². The van der Waals surface area contributed by atoms with Crippen LogP contribution in [-0.4, -0.2) is 36.7 Å². The number of hydrogen-bond donors (Lipinski definition) is 1. The average molecular weight is 324 g/mol. The quantitative estimate of drug-likeness (QED) is 0.933. The van der Waals surface area contributed by atoms with Gasteiger partial charge < -0.3 is 14.8 Å². The van der Waals surface area contributed by atoms with Crippen LogP contribution in [0.4, 0.5) is 5.69 Å². The van der Waals surface area contributed by atoms with Gasteiger partial charge in [-0.15, -0.1) is 0 Å². The van der Waals surface area contributed by atoms with Gasteiger partial charge >= 0.3 is 0 Å². The van der Waals surface area contributed by atoms with Crippen LogP contribution in [0.1, 0.15) is 18.9 Å². The number of benzene rings is 2. The minimum absolute atomic E-state index is 0.464. The Hall–Kier alpha value is -2.20. The fraction of sp³-hybridized carbons (Fsp3) is 0.400. The van der Waals surface area contributed by atoms with Gasteiger partial charge in [0, 0.05) is 36.9 Å². The fourth-order valence-corrected chi connectivity index (χ4v) is 3.61. The summed E-state index contributed by atoms with van der Waals surface area (Å²) < 4.78 is 11.3. The number of likely N-dealkylation sites (tertiary alicyclic amines) is 1. The Morgan fingerprint density at radius 2 is 1.83 bits per heavy atom. The summed E-state index contributed by atoms with van der Waals surface area (Å²) in [5, 5.41) is 3.66. The van der Waals surface area contributed by atoms with Crippen LogP contribution in [0.3, 0.4) is 0 Å². The SMILES string of the molecule is C[C@@H]1C[C@H](Nc2ccc3c(c2)OCCO3)CN1Cc1ccccc1. The maximum atomic E-state index is 5.67. The number of nitrogens with one attached hydrogen (secondary N) is 1. The van der Waals surface area contributed by atoms with E-state index in [1.807, 2.05) is 6.07 Å². The van der Waals surface area contributed by atoms with Crippen molar-refractivity contribution < 1.29 is 9.47 Å². The third-order valence-corrected chi connectivity index (χ3v) is 4.85. The molecule has 0 radical (unpaired) electrons. The number of rotatable bonds is 4. The molecule has 0 bridgehead atoms. The van der Waals surface area contributed by atoms with Gasteiger partial charge in [0.05, 0.1) is 0 Å². The molecule has 1 saturated heterocycles. The predicted octanol–water partition coefficient (Wildman–Crippen LogP) is 3.53. The standard InChI is InChI=1S/C20H24N2O2/c1-15-11-18(14-22(15)13-16-5-3-2-4-6-16)21-17-7-8-19-20(12-17)24-10-9-23-19/h2-8,12,15,18,21H,9-11,13-14H2,1H3/t15-,18+/m1/s1. The molecule has 2 atom stereocenters. The molecular weight excluding hydrogens is 300 g/mol. The third kappa shape index (κ3) is 3.34. The van der Waals surface area contributed by atoms with Crippen molar-refractivity contribution in [3.63, 3.8) is 0 Å². The lowest BCUT2D eigenvalue weighted by Gasteiger charge is -2.21. The van der Waals surface area contributed by atoms with Crippen LogP contribution in [0.2, 0.25) is 0 Å². The van der Waals surface area contributed by atoms with Crippen molar-refractivity contribution in [1.82, 2.24) is 4.90 Å². The fourth-order valence-electron chi connectivity index (χ4n) is 3.61. The van der Waals surface area contributed by atoms with E-state index in [0.717, 1.165) is 36.7 Å². The van der Waals surface area contributed by atoms with Gasteiger partial charge in [0.1, 0.15) is 13.2 Å². The van der Waals surface area contributed by atoms with Crippen molar-refractivity contribution in [3.05, 3.63) is 54.1 Å². The molecule has 0 aliphatic carbocycles. The van der Waals surface area contributed by atoms with Gasteiger partial charge in [-0.3, -0.25) is 4.90 Å². The van der Waals surface area contributed by atoms with Gasteiger partial charge in [-0.1, -0.05) is 30.3 Å². The molecule has 4 nitrogen and oxygen atoms in total. The zero-order valence-corrected chi connectivity index (χ0v) is 14.1. The molecule has 4 rings (SSSR count). The Bertz CT molecular complexity index is 689. The molecule has 126 valence electrons. The largest absolute Gasteiger partial charge is 0.486 e. The molecule has 0 unspecified atom stereocenters. The van der Waals surface area contributed by atoms with Crippen molar-refractivity contribution in [1.29, 1.82) is 0 Å². The Kier molecular flexibility index (Phi) is 4.30. The van der Waals surface area contributed by atoms with E-state index in [0.29, 0.717) is 25.3 Å². The summed E-state index contributed by atoms with van der Waals surface area (Å²) in [5.74, 6) is 1.69. The second-order valence-electron chi connectivity index (χ2n) is 6.70. The van der Waals surface area contributed by atoms with Gasteiger partial charge in [0.25, 0.3) is 0 Å². The molecule has 2 aromatic rings. The number of anilines is 1. The third-order valence-electron chi connectivity index (χ3n) is 4.85. The van der Waals surface area contributed by atoms with E-state index in [4.69, 9.17) is 9.47 Å². The lowest BCUT2D eigenvalue weighted by Crippen LogP contribution is -2.28. The minimum Gasteiger partial charge on any atom is -0.486 e. The molecule has 0 amide bonds. The molecule has 0 spiro atoms. The van der Waals surface area contributed by atoms with Crippen molar-refractivity contribution in [2.75, 3.05) is 25.1 Å². The summed E-state index contributed by atoms with van der Waals surface area (Å²) in [6.07, 6.45) is 1.15. The van der Waals surface area contributed by atoms with E-state index in [9.17, 15) is 0 Å². The normalized spacial score (nSPS) is 23.2. The Labute approximate surface area is 143 Å². The first-order valence-corrected chi connectivity index (χ1v) is 8.72. The minimum atomic E-state index is 0.464. The van der Waals surface area contributed by atoms with E-state index >= 15 is 0 Å². The molecule has 2 heterocycles. The van der Waals surface area contributed by atoms with Gasteiger partial charge in [-0.2, -0.15) is 0 Å². The summed E-state index contributed by atoms with van der Waals surface area (Å²) >= 11 is 0. The van der Waals surface area contributed by atoms with Crippen molar-refractivity contribution >= 4 is 5.69 Å². The van der Waals surface area contributed by atoms with Gasteiger partial charge in [0.15, 0.2) is 11.5 Å². The summed E-state index contributed by atoms with van der Waals surface area (Å²) in [6, 6.07) is 17.9. The first-order chi connectivity index (χ1) is 11.8. The molecule has 2 aliphatic rings. The lowest BCUT2D eigenvalue weighted by molar-refractivity contribution is 0.171. The summed E-state index contributed by atoms with van der Waals surface area (Å²) in [7, 11) is 0. The molecule has 0 saturated carbocycles. The smallest absolute Gasteiger partial charge is 0.163 e. The molecule has 1 N–H and O–H groups in total. The summed E-state index contributed by atoms with van der Waals surface area (Å²) in [5.41, 5.74) is 2.49. The van der Waals surface area contributed by atoms with E-state index < -0.39 is 0 Å². The van der Waals surface area contributed by atoms with Crippen LogP contribution in [0.15, 0.2) is 48.5 Å². The van der Waals surface area contributed by atoms with E-state index in [1.165, 1.54) is 5.56 Å².